The molecule has 26 heavy (non-hydrogen) atoms. The first-order valence-electron chi connectivity index (χ1n) is 7.49. The number of allylic oxidation sites excluding steroid dienone is 1. The van der Waals surface area contributed by atoms with Crippen LogP contribution in [-0.2, 0) is 11.0 Å². The van der Waals surface area contributed by atoms with Crippen LogP contribution < -0.4 is 4.74 Å². The van der Waals surface area contributed by atoms with Crippen molar-refractivity contribution in [3.63, 3.8) is 0 Å². The molecule has 2 rings (SSSR count). The number of hydrogen-bond acceptors (Lipinski definition) is 3. The molecule has 7 heteroatoms. The van der Waals surface area contributed by atoms with Gasteiger partial charge in [0.05, 0.1) is 17.2 Å². The van der Waals surface area contributed by atoms with Crippen molar-refractivity contribution in [3.05, 3.63) is 65.2 Å². The first-order valence-corrected chi connectivity index (χ1v) is 7.49. The van der Waals surface area contributed by atoms with Crippen LogP contribution in [0.3, 0.4) is 0 Å². The standard InChI is InChI=1S/C19H14F3NO3/c1-12(18(24)25)26-17-7-5-13(6-8-17)9-15(11-23)14-3-2-4-16(10-14)19(20,21)22/h2-10,12H,1H3,(H,24,25)/b15-9-/t12-/m1/s1. The van der Waals surface area contributed by atoms with E-state index in [-0.39, 0.29) is 11.1 Å². The van der Waals surface area contributed by atoms with E-state index in [9.17, 15) is 23.2 Å². The smallest absolute Gasteiger partial charge is 0.416 e. The van der Waals surface area contributed by atoms with Gasteiger partial charge in [-0.2, -0.15) is 18.4 Å². The number of nitrogens with zero attached hydrogens (tertiary/aromatic N) is 1. The van der Waals surface area contributed by atoms with Crippen LogP contribution in [0.4, 0.5) is 13.2 Å². The largest absolute Gasteiger partial charge is 0.479 e. The second-order valence-corrected chi connectivity index (χ2v) is 5.42. The van der Waals surface area contributed by atoms with Crippen molar-refractivity contribution in [3.8, 4) is 11.8 Å². The number of carbonyl (C=O) groups is 1. The normalized spacial score (nSPS) is 13.0. The molecule has 0 radical (unpaired) electrons. The minimum absolute atomic E-state index is 0.0728. The van der Waals surface area contributed by atoms with E-state index in [0.717, 1.165) is 12.1 Å². The van der Waals surface area contributed by atoms with Crippen LogP contribution in [0.5, 0.6) is 5.75 Å². The van der Waals surface area contributed by atoms with Crippen LogP contribution in [0.15, 0.2) is 48.5 Å². The maximum Gasteiger partial charge on any atom is 0.416 e. The summed E-state index contributed by atoms with van der Waals surface area (Å²) in [4.78, 5) is 10.8. The second-order valence-electron chi connectivity index (χ2n) is 5.42. The molecule has 134 valence electrons. The van der Waals surface area contributed by atoms with Crippen molar-refractivity contribution < 1.29 is 27.8 Å². The monoisotopic (exact) mass is 361 g/mol. The van der Waals surface area contributed by atoms with Gasteiger partial charge < -0.3 is 9.84 Å². The Labute approximate surface area is 147 Å². The molecule has 1 atom stereocenters. The number of carboxylic acid groups (broad SMARTS) is 1. The summed E-state index contributed by atoms with van der Waals surface area (Å²) < 4.78 is 43.6. The van der Waals surface area contributed by atoms with E-state index >= 15 is 0 Å². The predicted octanol–water partition coefficient (Wildman–Crippen LogP) is 4.62. The summed E-state index contributed by atoms with van der Waals surface area (Å²) in [5.74, 6) is -0.778. The summed E-state index contributed by atoms with van der Waals surface area (Å²) in [6.45, 7) is 1.39. The Balaban J connectivity index is 2.27. The third kappa shape index (κ3) is 4.86. The molecule has 0 aliphatic carbocycles. The first-order chi connectivity index (χ1) is 12.2. The molecule has 0 unspecified atom stereocenters. The SMILES string of the molecule is C[C@@H](Oc1ccc(/C=C(/C#N)c2cccc(C(F)(F)F)c2)cc1)C(=O)O. The van der Waals surface area contributed by atoms with E-state index in [0.29, 0.717) is 11.3 Å². The highest BCUT2D eigenvalue weighted by atomic mass is 19.4. The molecule has 0 heterocycles. The zero-order valence-corrected chi connectivity index (χ0v) is 13.6. The molecular weight excluding hydrogens is 347 g/mol. The van der Waals surface area contributed by atoms with Crippen molar-refractivity contribution in [1.82, 2.24) is 0 Å². The summed E-state index contributed by atoms with van der Waals surface area (Å²) in [5.41, 5.74) is -0.0392. The molecule has 2 aromatic carbocycles. The number of rotatable bonds is 5. The van der Waals surface area contributed by atoms with E-state index in [2.05, 4.69) is 0 Å². The number of aliphatic carboxylic acids is 1. The number of alkyl halides is 3. The topological polar surface area (TPSA) is 70.3 Å². The van der Waals surface area contributed by atoms with Gasteiger partial charge >= 0.3 is 12.1 Å². The highest BCUT2D eigenvalue weighted by Crippen LogP contribution is 2.31. The number of benzene rings is 2. The molecule has 0 fully saturated rings. The molecule has 4 nitrogen and oxygen atoms in total. The Hall–Kier alpha value is -3.27. The Morgan fingerprint density at radius 2 is 1.88 bits per heavy atom. The third-order valence-corrected chi connectivity index (χ3v) is 3.47. The summed E-state index contributed by atoms with van der Waals surface area (Å²) in [6.07, 6.45) is -4.06. The summed E-state index contributed by atoms with van der Waals surface area (Å²) in [7, 11) is 0. The number of hydrogen-bond donors (Lipinski definition) is 1. The molecule has 0 spiro atoms. The molecule has 2 aromatic rings. The molecule has 0 aliphatic heterocycles. The van der Waals surface area contributed by atoms with Crippen LogP contribution in [0.1, 0.15) is 23.6 Å². The van der Waals surface area contributed by atoms with Crippen LogP contribution in [0, 0.1) is 11.3 Å². The molecule has 0 saturated carbocycles. The zero-order chi connectivity index (χ0) is 19.3. The van der Waals surface area contributed by atoms with Crippen LogP contribution in [0.25, 0.3) is 11.6 Å². The van der Waals surface area contributed by atoms with Crippen LogP contribution in [0.2, 0.25) is 0 Å². The summed E-state index contributed by atoms with van der Waals surface area (Å²) >= 11 is 0. The fourth-order valence-corrected chi connectivity index (χ4v) is 2.11. The van der Waals surface area contributed by atoms with Gasteiger partial charge in [-0.3, -0.25) is 0 Å². The van der Waals surface area contributed by atoms with Crippen LogP contribution in [-0.4, -0.2) is 17.2 Å². The minimum atomic E-state index is -4.49. The second kappa shape index (κ2) is 7.74. The fourth-order valence-electron chi connectivity index (χ4n) is 2.11. The highest BCUT2D eigenvalue weighted by Gasteiger charge is 2.30. The third-order valence-electron chi connectivity index (χ3n) is 3.47. The molecule has 0 bridgehead atoms. The molecule has 0 aliphatic rings. The number of carboxylic acids is 1. The van der Waals surface area contributed by atoms with Gasteiger partial charge in [0.25, 0.3) is 0 Å². The van der Waals surface area contributed by atoms with Crippen molar-refractivity contribution in [2.24, 2.45) is 0 Å². The highest BCUT2D eigenvalue weighted by molar-refractivity contribution is 5.89. The number of halogens is 3. The van der Waals surface area contributed by atoms with Gasteiger partial charge in [0, 0.05) is 0 Å². The maximum absolute atomic E-state index is 12.8. The van der Waals surface area contributed by atoms with Gasteiger partial charge in [0.15, 0.2) is 6.10 Å². The average molecular weight is 361 g/mol. The van der Waals surface area contributed by atoms with Gasteiger partial charge in [-0.1, -0.05) is 24.3 Å². The van der Waals surface area contributed by atoms with E-state index in [1.54, 1.807) is 12.1 Å². The van der Waals surface area contributed by atoms with Crippen molar-refractivity contribution in [2.45, 2.75) is 19.2 Å². The average Bonchev–Trinajstić information content (AvgIpc) is 2.60. The Morgan fingerprint density at radius 1 is 1.23 bits per heavy atom. The quantitative estimate of drug-likeness (QED) is 0.623. The molecular formula is C19H14F3NO3. The van der Waals surface area contributed by atoms with Gasteiger partial charge in [0.1, 0.15) is 5.75 Å². The van der Waals surface area contributed by atoms with E-state index in [1.165, 1.54) is 37.3 Å². The number of nitriles is 1. The Morgan fingerprint density at radius 3 is 2.42 bits per heavy atom. The Bertz CT molecular complexity index is 865. The van der Waals surface area contributed by atoms with Gasteiger partial charge in [0.2, 0.25) is 0 Å². The molecule has 1 N–H and O–H groups in total. The lowest BCUT2D eigenvalue weighted by Crippen LogP contribution is -2.22. The lowest BCUT2D eigenvalue weighted by atomic mass is 10.0. The van der Waals surface area contributed by atoms with Gasteiger partial charge in [-0.15, -0.1) is 0 Å². The zero-order valence-electron chi connectivity index (χ0n) is 13.6. The van der Waals surface area contributed by atoms with Gasteiger partial charge in [-0.05, 0) is 48.4 Å². The van der Waals surface area contributed by atoms with E-state index < -0.39 is 23.8 Å². The lowest BCUT2D eigenvalue weighted by Gasteiger charge is -2.10. The van der Waals surface area contributed by atoms with E-state index in [4.69, 9.17) is 9.84 Å². The lowest BCUT2D eigenvalue weighted by molar-refractivity contribution is -0.144. The van der Waals surface area contributed by atoms with Crippen molar-refractivity contribution in [2.75, 3.05) is 0 Å². The predicted molar refractivity (Wildman–Crippen MR) is 89.1 cm³/mol. The van der Waals surface area contributed by atoms with Crippen molar-refractivity contribution >= 4 is 17.6 Å². The molecule has 0 saturated heterocycles. The maximum atomic E-state index is 12.8. The Kier molecular flexibility index (Phi) is 5.68. The minimum Gasteiger partial charge on any atom is -0.479 e. The fraction of sp³-hybridized carbons (Fsp3) is 0.158. The van der Waals surface area contributed by atoms with Gasteiger partial charge in [-0.25, -0.2) is 4.79 Å². The molecule has 0 amide bonds. The number of ether oxygens (including phenoxy) is 1. The summed E-state index contributed by atoms with van der Waals surface area (Å²) in [5, 5.41) is 18.1. The molecule has 0 aromatic heterocycles. The van der Waals surface area contributed by atoms with Crippen LogP contribution >= 0.6 is 0 Å². The summed E-state index contributed by atoms with van der Waals surface area (Å²) in [6, 6.07) is 12.6. The van der Waals surface area contributed by atoms with Crippen molar-refractivity contribution in [1.29, 1.82) is 5.26 Å². The van der Waals surface area contributed by atoms with E-state index in [1.807, 2.05) is 6.07 Å². The first kappa shape index (κ1) is 19.1.